The first-order valence-electron chi connectivity index (χ1n) is 7.09. The van der Waals surface area contributed by atoms with Crippen LogP contribution in [0.2, 0.25) is 0 Å². The van der Waals surface area contributed by atoms with Gasteiger partial charge in [0.05, 0.1) is 11.9 Å². The second-order valence-corrected chi connectivity index (χ2v) is 5.21. The molecule has 0 aliphatic carbocycles. The summed E-state index contributed by atoms with van der Waals surface area (Å²) in [4.78, 5) is 11.1. The molecule has 112 valence electrons. The molecule has 1 unspecified atom stereocenters. The maximum atomic E-state index is 11.1. The lowest BCUT2D eigenvalue weighted by Gasteiger charge is -2.12. The minimum absolute atomic E-state index is 0.265. The number of aromatic nitrogens is 2. The van der Waals surface area contributed by atoms with Gasteiger partial charge in [-0.05, 0) is 24.4 Å². The van der Waals surface area contributed by atoms with Crippen molar-refractivity contribution in [2.75, 3.05) is 6.54 Å². The molecule has 0 bridgehead atoms. The van der Waals surface area contributed by atoms with Gasteiger partial charge < -0.3 is 10.4 Å². The summed E-state index contributed by atoms with van der Waals surface area (Å²) in [7, 11) is 1.76. The van der Waals surface area contributed by atoms with Crippen molar-refractivity contribution < 1.29 is 9.90 Å². The second-order valence-electron chi connectivity index (χ2n) is 5.21. The lowest BCUT2D eigenvalue weighted by atomic mass is 9.98. The monoisotopic (exact) mass is 287 g/mol. The van der Waals surface area contributed by atoms with E-state index in [0.29, 0.717) is 18.2 Å². The minimum atomic E-state index is -0.933. The van der Waals surface area contributed by atoms with Gasteiger partial charge in [0.1, 0.15) is 5.56 Å². The van der Waals surface area contributed by atoms with Gasteiger partial charge in [-0.15, -0.1) is 0 Å². The molecule has 5 heteroatoms. The lowest BCUT2D eigenvalue weighted by molar-refractivity contribution is 0.0695. The summed E-state index contributed by atoms with van der Waals surface area (Å²) in [6, 6.07) is 10.4. The van der Waals surface area contributed by atoms with Crippen LogP contribution in [0, 0.1) is 0 Å². The maximum Gasteiger partial charge on any atom is 0.339 e. The zero-order valence-electron chi connectivity index (χ0n) is 12.4. The molecule has 0 saturated heterocycles. The van der Waals surface area contributed by atoms with Crippen LogP contribution in [0.15, 0.2) is 36.5 Å². The molecule has 0 fully saturated rings. The number of carbonyl (C=O) groups is 1. The Kier molecular flexibility index (Phi) is 5.11. The Hall–Kier alpha value is -2.14. The minimum Gasteiger partial charge on any atom is -0.478 e. The fourth-order valence-electron chi connectivity index (χ4n) is 2.32. The van der Waals surface area contributed by atoms with E-state index < -0.39 is 5.97 Å². The Balaban J connectivity index is 1.83. The van der Waals surface area contributed by atoms with E-state index in [1.54, 1.807) is 11.7 Å². The topological polar surface area (TPSA) is 67.2 Å². The molecule has 0 aliphatic heterocycles. The van der Waals surface area contributed by atoms with Crippen LogP contribution in [0.5, 0.6) is 0 Å². The summed E-state index contributed by atoms with van der Waals surface area (Å²) in [6.45, 7) is 3.55. The van der Waals surface area contributed by atoms with Crippen molar-refractivity contribution in [3.05, 3.63) is 53.3 Å². The summed E-state index contributed by atoms with van der Waals surface area (Å²) in [6.07, 6.45) is 2.40. The molecule has 0 amide bonds. The van der Waals surface area contributed by atoms with Crippen LogP contribution in [0.3, 0.4) is 0 Å². The zero-order valence-corrected chi connectivity index (χ0v) is 12.4. The van der Waals surface area contributed by atoms with Gasteiger partial charge in [-0.1, -0.05) is 37.3 Å². The van der Waals surface area contributed by atoms with Crippen molar-refractivity contribution in [3.63, 3.8) is 0 Å². The van der Waals surface area contributed by atoms with Crippen LogP contribution in [-0.4, -0.2) is 27.4 Å². The molecular formula is C16H21N3O2. The molecule has 0 saturated carbocycles. The summed E-state index contributed by atoms with van der Waals surface area (Å²) in [5.74, 6) is -0.457. The molecule has 1 aromatic carbocycles. The Morgan fingerprint density at radius 1 is 1.38 bits per heavy atom. The summed E-state index contributed by atoms with van der Waals surface area (Å²) in [5, 5.41) is 16.4. The van der Waals surface area contributed by atoms with E-state index in [1.807, 2.05) is 18.2 Å². The molecular weight excluding hydrogens is 266 g/mol. The van der Waals surface area contributed by atoms with Gasteiger partial charge in [0.2, 0.25) is 0 Å². The third-order valence-corrected chi connectivity index (χ3v) is 3.71. The smallest absolute Gasteiger partial charge is 0.339 e. The Morgan fingerprint density at radius 2 is 2.10 bits per heavy atom. The van der Waals surface area contributed by atoms with Crippen molar-refractivity contribution in [3.8, 4) is 0 Å². The summed E-state index contributed by atoms with van der Waals surface area (Å²) in [5.41, 5.74) is 2.29. The van der Waals surface area contributed by atoms with Crippen molar-refractivity contribution in [2.24, 2.45) is 7.05 Å². The molecule has 2 rings (SSSR count). The largest absolute Gasteiger partial charge is 0.478 e. The predicted molar refractivity (Wildman–Crippen MR) is 81.3 cm³/mol. The van der Waals surface area contributed by atoms with E-state index in [2.05, 4.69) is 29.5 Å². The number of aryl methyl sites for hydroxylation is 1. The van der Waals surface area contributed by atoms with Crippen LogP contribution in [0.1, 0.15) is 40.9 Å². The highest BCUT2D eigenvalue weighted by Crippen LogP contribution is 2.17. The molecule has 1 aromatic heterocycles. The van der Waals surface area contributed by atoms with Crippen LogP contribution in [0.4, 0.5) is 0 Å². The van der Waals surface area contributed by atoms with E-state index in [4.69, 9.17) is 5.11 Å². The number of carboxylic acid groups (broad SMARTS) is 1. The zero-order chi connectivity index (χ0) is 15.2. The number of aromatic carboxylic acids is 1. The van der Waals surface area contributed by atoms with E-state index in [0.717, 1.165) is 13.0 Å². The van der Waals surface area contributed by atoms with Crippen molar-refractivity contribution in [1.82, 2.24) is 15.1 Å². The van der Waals surface area contributed by atoms with Gasteiger partial charge in [0.25, 0.3) is 0 Å². The van der Waals surface area contributed by atoms with Crippen molar-refractivity contribution in [1.29, 1.82) is 0 Å². The molecule has 2 aromatic rings. The van der Waals surface area contributed by atoms with Crippen LogP contribution in [0.25, 0.3) is 0 Å². The SMILES string of the molecule is CC(CCNCc1c(C(=O)O)cnn1C)c1ccccc1. The molecule has 21 heavy (non-hydrogen) atoms. The molecule has 5 nitrogen and oxygen atoms in total. The van der Waals surface area contributed by atoms with E-state index in [1.165, 1.54) is 11.8 Å². The number of hydrogen-bond acceptors (Lipinski definition) is 3. The fourth-order valence-corrected chi connectivity index (χ4v) is 2.32. The van der Waals surface area contributed by atoms with Crippen LogP contribution < -0.4 is 5.32 Å². The third kappa shape index (κ3) is 3.92. The lowest BCUT2D eigenvalue weighted by Crippen LogP contribution is -2.20. The average molecular weight is 287 g/mol. The fraction of sp³-hybridized carbons (Fsp3) is 0.375. The number of carboxylic acids is 1. The standard InChI is InChI=1S/C16H21N3O2/c1-12(13-6-4-3-5-7-13)8-9-17-11-15-14(16(20)21)10-18-19(15)2/h3-7,10,12,17H,8-9,11H2,1-2H3,(H,20,21). The Bertz CT molecular complexity index is 593. The Labute approximate surface area is 124 Å². The highest BCUT2D eigenvalue weighted by atomic mass is 16.4. The summed E-state index contributed by atoms with van der Waals surface area (Å²) < 4.78 is 1.61. The first-order valence-corrected chi connectivity index (χ1v) is 7.09. The Morgan fingerprint density at radius 3 is 2.76 bits per heavy atom. The van der Waals surface area contributed by atoms with Gasteiger partial charge >= 0.3 is 5.97 Å². The average Bonchev–Trinajstić information content (AvgIpc) is 2.85. The van der Waals surface area contributed by atoms with Gasteiger partial charge in [-0.25, -0.2) is 4.79 Å². The quantitative estimate of drug-likeness (QED) is 0.767. The van der Waals surface area contributed by atoms with Gasteiger partial charge in [0, 0.05) is 13.6 Å². The van der Waals surface area contributed by atoms with Crippen molar-refractivity contribution in [2.45, 2.75) is 25.8 Å². The second kappa shape index (κ2) is 7.04. The van der Waals surface area contributed by atoms with E-state index in [-0.39, 0.29) is 5.56 Å². The highest BCUT2D eigenvalue weighted by molar-refractivity contribution is 5.88. The molecule has 0 radical (unpaired) electrons. The number of nitrogens with zero attached hydrogens (tertiary/aromatic N) is 2. The highest BCUT2D eigenvalue weighted by Gasteiger charge is 2.14. The van der Waals surface area contributed by atoms with Gasteiger partial charge in [0.15, 0.2) is 0 Å². The summed E-state index contributed by atoms with van der Waals surface area (Å²) >= 11 is 0. The van der Waals surface area contributed by atoms with E-state index >= 15 is 0 Å². The van der Waals surface area contributed by atoms with Crippen molar-refractivity contribution >= 4 is 5.97 Å². The third-order valence-electron chi connectivity index (χ3n) is 3.71. The van der Waals surface area contributed by atoms with Gasteiger partial charge in [-0.2, -0.15) is 5.10 Å². The normalized spacial score (nSPS) is 12.3. The number of hydrogen-bond donors (Lipinski definition) is 2. The molecule has 1 atom stereocenters. The maximum absolute atomic E-state index is 11.1. The number of benzene rings is 1. The first-order chi connectivity index (χ1) is 10.1. The number of rotatable bonds is 7. The molecule has 2 N–H and O–H groups in total. The first kappa shape index (κ1) is 15.3. The predicted octanol–water partition coefficient (Wildman–Crippen LogP) is 2.40. The van der Waals surface area contributed by atoms with E-state index in [9.17, 15) is 4.79 Å². The van der Waals surface area contributed by atoms with Gasteiger partial charge in [-0.3, -0.25) is 4.68 Å². The van der Waals surface area contributed by atoms with Crippen LogP contribution in [-0.2, 0) is 13.6 Å². The molecule has 1 heterocycles. The van der Waals surface area contributed by atoms with Crippen LogP contribution >= 0.6 is 0 Å². The molecule has 0 aliphatic rings. The number of nitrogens with one attached hydrogen (secondary N) is 1. The molecule has 0 spiro atoms.